The molecule has 1 aliphatic heterocycles. The Morgan fingerprint density at radius 3 is 2.82 bits per heavy atom. The molecule has 1 aromatic rings. The van der Waals surface area contributed by atoms with Crippen LogP contribution in [0.5, 0.6) is 0 Å². The second-order valence-corrected chi connectivity index (χ2v) is 5.43. The number of anilines is 1. The number of nitrogens with two attached hydrogens (primary N) is 1. The average molecular weight is 275 g/mol. The van der Waals surface area contributed by atoms with Gasteiger partial charge in [0.2, 0.25) is 0 Å². The zero-order chi connectivity index (χ0) is 12.6. The fraction of sp³-hybridized carbons (Fsp3) is 0.500. The van der Waals surface area contributed by atoms with E-state index in [1.807, 2.05) is 18.0 Å². The first-order valence-electron chi connectivity index (χ1n) is 5.57. The molecule has 0 bridgehead atoms. The van der Waals surface area contributed by atoms with Gasteiger partial charge in [0.15, 0.2) is 0 Å². The summed E-state index contributed by atoms with van der Waals surface area (Å²) in [5, 5.41) is 11.4. The highest BCUT2D eigenvalue weighted by Crippen LogP contribution is 2.39. The number of benzene rings is 1. The summed E-state index contributed by atoms with van der Waals surface area (Å²) in [6.07, 6.45) is 1.14. The van der Waals surface area contributed by atoms with Gasteiger partial charge in [-0.2, -0.15) is 0 Å². The highest BCUT2D eigenvalue weighted by atomic mass is 35.5. The van der Waals surface area contributed by atoms with Crippen LogP contribution in [0.15, 0.2) is 12.1 Å². The Kier molecular flexibility index (Phi) is 3.55. The quantitative estimate of drug-likeness (QED) is 0.825. The predicted octanol–water partition coefficient (Wildman–Crippen LogP) is 2.07. The zero-order valence-electron chi connectivity index (χ0n) is 9.71. The second-order valence-electron chi connectivity index (χ2n) is 4.65. The third-order valence-corrected chi connectivity index (χ3v) is 4.14. The molecule has 1 aromatic carbocycles. The SMILES string of the molecule is CN1CCC(O)(CN)Cc2ccc(Cl)c(Cl)c21. The van der Waals surface area contributed by atoms with Crippen LogP contribution in [0.2, 0.25) is 10.0 Å². The van der Waals surface area contributed by atoms with Crippen LogP contribution in [0.4, 0.5) is 5.69 Å². The van der Waals surface area contributed by atoms with Crippen molar-refractivity contribution < 1.29 is 5.11 Å². The van der Waals surface area contributed by atoms with E-state index in [1.54, 1.807) is 6.07 Å². The van der Waals surface area contributed by atoms with E-state index in [0.29, 0.717) is 29.4 Å². The molecule has 1 heterocycles. The smallest absolute Gasteiger partial charge is 0.0828 e. The lowest BCUT2D eigenvalue weighted by Gasteiger charge is -2.24. The third-order valence-electron chi connectivity index (χ3n) is 3.35. The monoisotopic (exact) mass is 274 g/mol. The van der Waals surface area contributed by atoms with Crippen molar-refractivity contribution in [2.45, 2.75) is 18.4 Å². The van der Waals surface area contributed by atoms with Gasteiger partial charge in [-0.05, 0) is 18.1 Å². The van der Waals surface area contributed by atoms with Crippen molar-refractivity contribution in [1.82, 2.24) is 0 Å². The Morgan fingerprint density at radius 1 is 1.47 bits per heavy atom. The highest BCUT2D eigenvalue weighted by Gasteiger charge is 2.31. The Hall–Kier alpha value is -0.480. The largest absolute Gasteiger partial charge is 0.388 e. The molecule has 0 fully saturated rings. The van der Waals surface area contributed by atoms with Crippen molar-refractivity contribution in [3.05, 3.63) is 27.7 Å². The number of hydrogen-bond donors (Lipinski definition) is 2. The van der Waals surface area contributed by atoms with Gasteiger partial charge in [0, 0.05) is 26.6 Å². The number of aliphatic hydroxyl groups is 1. The van der Waals surface area contributed by atoms with Crippen LogP contribution in [-0.2, 0) is 6.42 Å². The molecular weight excluding hydrogens is 259 g/mol. The van der Waals surface area contributed by atoms with Crippen molar-refractivity contribution in [2.75, 3.05) is 25.0 Å². The molecule has 5 heteroatoms. The van der Waals surface area contributed by atoms with E-state index >= 15 is 0 Å². The van der Waals surface area contributed by atoms with E-state index < -0.39 is 5.60 Å². The van der Waals surface area contributed by atoms with Crippen LogP contribution >= 0.6 is 23.2 Å². The Bertz CT molecular complexity index is 439. The summed E-state index contributed by atoms with van der Waals surface area (Å²) in [5.74, 6) is 0. The standard InChI is InChI=1S/C12H16Cl2N2O/c1-16-5-4-12(17,7-15)6-8-2-3-9(13)10(14)11(8)16/h2-3,17H,4-7,15H2,1H3. The highest BCUT2D eigenvalue weighted by molar-refractivity contribution is 6.43. The van der Waals surface area contributed by atoms with Crippen LogP contribution in [-0.4, -0.2) is 30.8 Å². The van der Waals surface area contributed by atoms with E-state index in [2.05, 4.69) is 0 Å². The molecule has 3 N–H and O–H groups in total. The molecule has 0 aromatic heterocycles. The van der Waals surface area contributed by atoms with Crippen molar-refractivity contribution in [1.29, 1.82) is 0 Å². The van der Waals surface area contributed by atoms with Gasteiger partial charge in [-0.25, -0.2) is 0 Å². The zero-order valence-corrected chi connectivity index (χ0v) is 11.2. The number of halogens is 2. The van der Waals surface area contributed by atoms with Crippen molar-refractivity contribution in [2.24, 2.45) is 5.73 Å². The maximum Gasteiger partial charge on any atom is 0.0828 e. The first-order valence-corrected chi connectivity index (χ1v) is 6.33. The minimum Gasteiger partial charge on any atom is -0.388 e. The molecular formula is C12H16Cl2N2O. The molecule has 0 saturated heterocycles. The predicted molar refractivity (Wildman–Crippen MR) is 72.1 cm³/mol. The van der Waals surface area contributed by atoms with Crippen molar-refractivity contribution in [3.63, 3.8) is 0 Å². The average Bonchev–Trinajstić information content (AvgIpc) is 2.43. The van der Waals surface area contributed by atoms with Gasteiger partial charge in [-0.1, -0.05) is 29.3 Å². The van der Waals surface area contributed by atoms with Gasteiger partial charge >= 0.3 is 0 Å². The van der Waals surface area contributed by atoms with Crippen LogP contribution in [0.25, 0.3) is 0 Å². The molecule has 1 unspecified atom stereocenters. The van der Waals surface area contributed by atoms with Crippen molar-refractivity contribution in [3.8, 4) is 0 Å². The van der Waals surface area contributed by atoms with Crippen LogP contribution in [0, 0.1) is 0 Å². The molecule has 17 heavy (non-hydrogen) atoms. The number of rotatable bonds is 1. The van der Waals surface area contributed by atoms with Crippen LogP contribution in [0.3, 0.4) is 0 Å². The molecule has 1 atom stereocenters. The summed E-state index contributed by atoms with van der Waals surface area (Å²) >= 11 is 12.3. The molecule has 2 rings (SSSR count). The normalized spacial score (nSPS) is 24.4. The number of nitrogens with zero attached hydrogens (tertiary/aromatic N) is 1. The number of hydrogen-bond acceptors (Lipinski definition) is 3. The summed E-state index contributed by atoms with van der Waals surface area (Å²) in [5.41, 5.74) is 6.70. The van der Waals surface area contributed by atoms with Crippen LogP contribution < -0.4 is 10.6 Å². The molecule has 1 aliphatic rings. The molecule has 94 valence electrons. The summed E-state index contributed by atoms with van der Waals surface area (Å²) in [6, 6.07) is 3.67. The topological polar surface area (TPSA) is 49.5 Å². The van der Waals surface area contributed by atoms with Crippen LogP contribution in [0.1, 0.15) is 12.0 Å². The molecule has 0 amide bonds. The van der Waals surface area contributed by atoms with E-state index in [9.17, 15) is 5.11 Å². The molecule has 0 radical (unpaired) electrons. The summed E-state index contributed by atoms with van der Waals surface area (Å²) in [6.45, 7) is 0.960. The second kappa shape index (κ2) is 4.65. The maximum absolute atomic E-state index is 10.4. The van der Waals surface area contributed by atoms with Gasteiger partial charge in [-0.3, -0.25) is 0 Å². The van der Waals surface area contributed by atoms with Gasteiger partial charge in [0.05, 0.1) is 21.3 Å². The Morgan fingerprint density at radius 2 is 2.18 bits per heavy atom. The summed E-state index contributed by atoms with van der Waals surface area (Å²) in [7, 11) is 1.95. The minimum absolute atomic E-state index is 0.251. The molecule has 0 spiro atoms. The Labute approximate surface area is 111 Å². The van der Waals surface area contributed by atoms with Gasteiger partial charge in [0.1, 0.15) is 0 Å². The minimum atomic E-state index is -0.851. The summed E-state index contributed by atoms with van der Waals surface area (Å²) < 4.78 is 0. The van der Waals surface area contributed by atoms with Gasteiger partial charge in [-0.15, -0.1) is 0 Å². The maximum atomic E-state index is 10.4. The van der Waals surface area contributed by atoms with Gasteiger partial charge < -0.3 is 15.7 Å². The van der Waals surface area contributed by atoms with E-state index in [0.717, 1.165) is 11.3 Å². The third kappa shape index (κ3) is 2.38. The van der Waals surface area contributed by atoms with Crippen molar-refractivity contribution >= 4 is 28.9 Å². The first-order chi connectivity index (χ1) is 7.97. The first kappa shape index (κ1) is 13.0. The molecule has 0 aliphatic carbocycles. The van der Waals surface area contributed by atoms with Gasteiger partial charge in [0.25, 0.3) is 0 Å². The summed E-state index contributed by atoms with van der Waals surface area (Å²) in [4.78, 5) is 2.02. The lowest BCUT2D eigenvalue weighted by atomic mass is 9.92. The molecule has 3 nitrogen and oxygen atoms in total. The Balaban J connectivity index is 2.51. The van der Waals surface area contributed by atoms with E-state index in [4.69, 9.17) is 28.9 Å². The fourth-order valence-corrected chi connectivity index (χ4v) is 2.72. The molecule has 0 saturated carbocycles. The number of fused-ring (bicyclic) bond motifs is 1. The lowest BCUT2D eigenvalue weighted by molar-refractivity contribution is 0.0449. The lowest BCUT2D eigenvalue weighted by Crippen LogP contribution is -2.40. The van der Waals surface area contributed by atoms with E-state index in [1.165, 1.54) is 0 Å². The van der Waals surface area contributed by atoms with E-state index in [-0.39, 0.29) is 6.54 Å². The fourth-order valence-electron chi connectivity index (χ4n) is 2.24.